The molecule has 3 nitrogen and oxygen atoms in total. The first-order valence-corrected chi connectivity index (χ1v) is 7.58. The van der Waals surface area contributed by atoms with Crippen molar-refractivity contribution in [2.45, 2.75) is 25.2 Å². The molecule has 0 aliphatic rings. The van der Waals surface area contributed by atoms with Gasteiger partial charge in [0.15, 0.2) is 5.75 Å². The Kier molecular flexibility index (Phi) is 4.45. The molecule has 1 heterocycles. The molecule has 0 saturated carbocycles. The largest absolute Gasteiger partial charge is 0.454 e. The number of halogens is 2. The van der Waals surface area contributed by atoms with E-state index in [0.717, 1.165) is 21.3 Å². The molecule has 0 fully saturated rings. The minimum atomic E-state index is 0.338. The molecule has 0 bridgehead atoms. The number of alkyl halides is 1. The van der Waals surface area contributed by atoms with E-state index in [1.807, 2.05) is 29.1 Å². The second kappa shape index (κ2) is 5.89. The highest BCUT2D eigenvalue weighted by molar-refractivity contribution is 9.10. The van der Waals surface area contributed by atoms with Crippen molar-refractivity contribution < 1.29 is 4.74 Å². The van der Waals surface area contributed by atoms with Gasteiger partial charge in [-0.3, -0.25) is 4.68 Å². The van der Waals surface area contributed by atoms with Crippen molar-refractivity contribution >= 4 is 31.9 Å². The van der Waals surface area contributed by atoms with E-state index in [4.69, 9.17) is 4.74 Å². The fraction of sp³-hybridized carbons (Fsp3) is 0.308. The van der Waals surface area contributed by atoms with Gasteiger partial charge in [-0.05, 0) is 31.5 Å². The average molecular weight is 374 g/mol. The molecule has 0 radical (unpaired) electrons. The summed E-state index contributed by atoms with van der Waals surface area (Å²) in [4.78, 5) is 0. The van der Waals surface area contributed by atoms with E-state index >= 15 is 0 Å². The number of ether oxygens (including phenoxy) is 1. The molecule has 0 N–H and O–H groups in total. The number of benzene rings is 1. The summed E-state index contributed by atoms with van der Waals surface area (Å²) in [6.45, 7) is 4.16. The third-order valence-corrected chi connectivity index (χ3v) is 3.85. The summed E-state index contributed by atoms with van der Waals surface area (Å²) in [5, 5.41) is 5.06. The maximum atomic E-state index is 5.76. The van der Waals surface area contributed by atoms with Gasteiger partial charge in [-0.2, -0.15) is 5.10 Å². The monoisotopic (exact) mass is 372 g/mol. The Morgan fingerprint density at radius 3 is 2.67 bits per heavy atom. The third kappa shape index (κ3) is 3.14. The number of hydrogen-bond donors (Lipinski definition) is 0. The molecule has 1 aromatic carbocycles. The topological polar surface area (TPSA) is 27.1 Å². The van der Waals surface area contributed by atoms with E-state index < -0.39 is 0 Å². The number of hydrogen-bond acceptors (Lipinski definition) is 2. The van der Waals surface area contributed by atoms with Gasteiger partial charge in [0, 0.05) is 15.8 Å². The van der Waals surface area contributed by atoms with Crippen LogP contribution in [0.4, 0.5) is 0 Å². The fourth-order valence-corrected chi connectivity index (χ4v) is 2.85. The first-order valence-electron chi connectivity index (χ1n) is 5.66. The Morgan fingerprint density at radius 2 is 2.11 bits per heavy atom. The molecule has 2 rings (SSSR count). The second-order valence-electron chi connectivity index (χ2n) is 4.24. The zero-order valence-corrected chi connectivity index (χ0v) is 13.4. The van der Waals surface area contributed by atoms with Crippen LogP contribution in [0.2, 0.25) is 0 Å². The fourth-order valence-electron chi connectivity index (χ4n) is 1.49. The number of aromatic nitrogens is 2. The predicted octanol–water partition coefficient (Wildman–Crippen LogP) is 4.91. The van der Waals surface area contributed by atoms with E-state index in [1.165, 1.54) is 5.56 Å². The highest BCUT2D eigenvalue weighted by Gasteiger charge is 2.05. The average Bonchev–Trinajstić information content (AvgIpc) is 2.78. The van der Waals surface area contributed by atoms with E-state index in [2.05, 4.69) is 50.8 Å². The van der Waals surface area contributed by atoms with Gasteiger partial charge < -0.3 is 4.74 Å². The lowest BCUT2D eigenvalue weighted by Crippen LogP contribution is -1.99. The Labute approximate surface area is 123 Å². The van der Waals surface area contributed by atoms with Crippen LogP contribution in [-0.2, 0) is 5.33 Å². The third-order valence-electron chi connectivity index (χ3n) is 2.51. The van der Waals surface area contributed by atoms with Crippen molar-refractivity contribution in [2.75, 3.05) is 0 Å². The lowest BCUT2D eigenvalue weighted by atomic mass is 10.2. The molecule has 0 amide bonds. The first kappa shape index (κ1) is 13.6. The standard InChI is InChI=1S/C13H14Br2N2O/c1-9(2)17-8-12(7-16-17)18-11-4-3-10(6-14)13(15)5-11/h3-5,7-9H,6H2,1-2H3. The highest BCUT2D eigenvalue weighted by atomic mass is 79.9. The molecule has 0 unspecified atom stereocenters. The summed E-state index contributed by atoms with van der Waals surface area (Å²) in [5.41, 5.74) is 1.19. The number of rotatable bonds is 4. The maximum absolute atomic E-state index is 5.76. The molecule has 0 aliphatic carbocycles. The van der Waals surface area contributed by atoms with Gasteiger partial charge in [0.05, 0.1) is 12.4 Å². The van der Waals surface area contributed by atoms with Crippen LogP contribution in [0.25, 0.3) is 0 Å². The Bertz CT molecular complexity index is 538. The normalized spacial score (nSPS) is 10.9. The van der Waals surface area contributed by atoms with Crippen LogP contribution in [-0.4, -0.2) is 9.78 Å². The Morgan fingerprint density at radius 1 is 1.33 bits per heavy atom. The molecule has 2 aromatic rings. The summed E-state index contributed by atoms with van der Waals surface area (Å²) >= 11 is 6.95. The molecule has 0 spiro atoms. The summed E-state index contributed by atoms with van der Waals surface area (Å²) in [6.07, 6.45) is 3.63. The van der Waals surface area contributed by atoms with Crippen molar-refractivity contribution in [1.82, 2.24) is 9.78 Å². The molecule has 5 heteroatoms. The van der Waals surface area contributed by atoms with Gasteiger partial charge in [0.1, 0.15) is 5.75 Å². The van der Waals surface area contributed by atoms with Crippen LogP contribution in [0, 0.1) is 0 Å². The van der Waals surface area contributed by atoms with Gasteiger partial charge in [0.2, 0.25) is 0 Å². The van der Waals surface area contributed by atoms with Gasteiger partial charge in [0.25, 0.3) is 0 Å². The first-order chi connectivity index (χ1) is 8.60. The summed E-state index contributed by atoms with van der Waals surface area (Å²) in [7, 11) is 0. The van der Waals surface area contributed by atoms with Crippen molar-refractivity contribution in [3.63, 3.8) is 0 Å². The minimum Gasteiger partial charge on any atom is -0.454 e. The molecule has 0 atom stereocenters. The van der Waals surface area contributed by atoms with E-state index in [9.17, 15) is 0 Å². The van der Waals surface area contributed by atoms with Crippen molar-refractivity contribution in [1.29, 1.82) is 0 Å². The summed E-state index contributed by atoms with van der Waals surface area (Å²) < 4.78 is 8.67. The van der Waals surface area contributed by atoms with Crippen LogP contribution in [0.3, 0.4) is 0 Å². The van der Waals surface area contributed by atoms with Gasteiger partial charge >= 0.3 is 0 Å². The minimum absolute atomic E-state index is 0.338. The van der Waals surface area contributed by atoms with Crippen molar-refractivity contribution in [3.05, 3.63) is 40.6 Å². The molecule has 96 valence electrons. The molecule has 0 saturated heterocycles. The van der Waals surface area contributed by atoms with Crippen LogP contribution >= 0.6 is 31.9 Å². The predicted molar refractivity (Wildman–Crippen MR) is 79.5 cm³/mol. The zero-order valence-electron chi connectivity index (χ0n) is 10.2. The molecular weight excluding hydrogens is 360 g/mol. The number of nitrogens with zero attached hydrogens (tertiary/aromatic N) is 2. The van der Waals surface area contributed by atoms with Crippen molar-refractivity contribution in [2.24, 2.45) is 0 Å². The van der Waals surface area contributed by atoms with Crippen LogP contribution in [0.15, 0.2) is 35.1 Å². The Hall–Kier alpha value is -0.810. The molecular formula is C13H14Br2N2O. The molecule has 1 aromatic heterocycles. The zero-order chi connectivity index (χ0) is 13.1. The maximum Gasteiger partial charge on any atom is 0.165 e. The lowest BCUT2D eigenvalue weighted by Gasteiger charge is -2.06. The molecule has 18 heavy (non-hydrogen) atoms. The van der Waals surface area contributed by atoms with Gasteiger partial charge in [-0.1, -0.05) is 37.9 Å². The summed E-state index contributed by atoms with van der Waals surface area (Å²) in [6, 6.07) is 6.28. The van der Waals surface area contributed by atoms with E-state index in [1.54, 1.807) is 6.20 Å². The quantitative estimate of drug-likeness (QED) is 0.711. The van der Waals surface area contributed by atoms with Crippen LogP contribution in [0.5, 0.6) is 11.5 Å². The SMILES string of the molecule is CC(C)n1cc(Oc2ccc(CBr)c(Br)c2)cn1. The van der Waals surface area contributed by atoms with Gasteiger partial charge in [-0.25, -0.2) is 0 Å². The molecule has 0 aliphatic heterocycles. The highest BCUT2D eigenvalue weighted by Crippen LogP contribution is 2.28. The van der Waals surface area contributed by atoms with E-state index in [0.29, 0.717) is 6.04 Å². The van der Waals surface area contributed by atoms with Gasteiger partial charge in [-0.15, -0.1) is 0 Å². The Balaban J connectivity index is 2.15. The second-order valence-corrected chi connectivity index (χ2v) is 5.65. The van der Waals surface area contributed by atoms with E-state index in [-0.39, 0.29) is 0 Å². The summed E-state index contributed by atoms with van der Waals surface area (Å²) in [5.74, 6) is 1.55. The van der Waals surface area contributed by atoms with Crippen molar-refractivity contribution in [3.8, 4) is 11.5 Å². The van der Waals surface area contributed by atoms with Crippen LogP contribution in [0.1, 0.15) is 25.5 Å². The van der Waals surface area contributed by atoms with Crippen LogP contribution < -0.4 is 4.74 Å². The smallest absolute Gasteiger partial charge is 0.165 e. The lowest BCUT2D eigenvalue weighted by molar-refractivity contribution is 0.476.